The van der Waals surface area contributed by atoms with Crippen LogP contribution in [0.4, 0.5) is 21.4 Å². The number of halogens is 1. The summed E-state index contributed by atoms with van der Waals surface area (Å²) in [5, 5.41) is 26.5. The number of nitrogen functional groups attached to an aromatic ring is 2. The smallest absolute Gasteiger partial charge is 0.335 e. The molecule has 10 heteroatoms. The zero-order chi connectivity index (χ0) is 19.8. The molecule has 0 fully saturated rings. The Bertz CT molecular complexity index is 956. The normalized spacial score (nSPS) is 9.86. The lowest BCUT2D eigenvalue weighted by atomic mass is 10.2. The van der Waals surface area contributed by atoms with Crippen molar-refractivity contribution in [2.75, 3.05) is 11.5 Å². The molecule has 146 valence electrons. The van der Waals surface area contributed by atoms with E-state index in [2.05, 4.69) is 10.2 Å². The van der Waals surface area contributed by atoms with Crippen LogP contribution in [0.5, 0.6) is 0 Å². The Labute approximate surface area is 170 Å². The van der Waals surface area contributed by atoms with Gasteiger partial charge < -0.3 is 21.7 Å². The van der Waals surface area contributed by atoms with Gasteiger partial charge in [-0.05, 0) is 60.7 Å². The number of anilines is 2. The molecule has 1 heterocycles. The van der Waals surface area contributed by atoms with Crippen LogP contribution in [-0.4, -0.2) is 22.2 Å². The molecule has 6 N–H and O–H groups in total. The molecule has 3 rings (SSSR count). The average Bonchev–Trinajstić information content (AvgIpc) is 3.06. The number of benzene rings is 2. The van der Waals surface area contributed by atoms with Gasteiger partial charge in [0.2, 0.25) is 0 Å². The maximum atomic E-state index is 10.6. The summed E-state index contributed by atoms with van der Waals surface area (Å²) in [6.07, 6.45) is 0. The van der Waals surface area contributed by atoms with Crippen molar-refractivity contribution < 1.29 is 19.8 Å². The molecule has 0 spiro atoms. The first-order chi connectivity index (χ1) is 12.8. The summed E-state index contributed by atoms with van der Waals surface area (Å²) in [6, 6.07) is 15.8. The van der Waals surface area contributed by atoms with Crippen molar-refractivity contribution in [1.29, 1.82) is 0 Å². The largest absolute Gasteiger partial charge is 0.478 e. The van der Waals surface area contributed by atoms with E-state index in [0.717, 1.165) is 0 Å². The molecule has 0 atom stereocenters. The Morgan fingerprint density at radius 3 is 1.68 bits per heavy atom. The van der Waals surface area contributed by atoms with Crippen molar-refractivity contribution in [3.63, 3.8) is 0 Å². The Hall–Kier alpha value is -3.43. The van der Waals surface area contributed by atoms with Gasteiger partial charge in [0.1, 0.15) is 5.00 Å². The van der Waals surface area contributed by atoms with Crippen molar-refractivity contribution in [1.82, 2.24) is 0 Å². The van der Waals surface area contributed by atoms with Crippen LogP contribution in [0, 0.1) is 0 Å². The third-order valence-corrected chi connectivity index (χ3v) is 3.95. The molecule has 0 amide bonds. The highest BCUT2D eigenvalue weighted by atomic mass is 35.5. The van der Waals surface area contributed by atoms with Gasteiger partial charge in [-0.2, -0.15) is 0 Å². The predicted molar refractivity (Wildman–Crippen MR) is 111 cm³/mol. The minimum absolute atomic E-state index is 0. The van der Waals surface area contributed by atoms with Crippen LogP contribution in [0.15, 0.2) is 70.9 Å². The zero-order valence-corrected chi connectivity index (χ0v) is 16.0. The van der Waals surface area contributed by atoms with Crippen LogP contribution in [0.3, 0.4) is 0 Å². The summed E-state index contributed by atoms with van der Waals surface area (Å²) in [6.45, 7) is 0. The van der Waals surface area contributed by atoms with Crippen LogP contribution < -0.4 is 11.5 Å². The number of nitrogens with zero attached hydrogens (tertiary/aromatic N) is 2. The van der Waals surface area contributed by atoms with Crippen LogP contribution in [0.1, 0.15) is 20.7 Å². The van der Waals surface area contributed by atoms with E-state index in [4.69, 9.17) is 21.7 Å². The predicted octanol–water partition coefficient (Wildman–Crippen LogP) is 4.83. The van der Waals surface area contributed by atoms with Gasteiger partial charge in [-0.1, -0.05) is 11.3 Å². The Kier molecular flexibility index (Phi) is 8.60. The van der Waals surface area contributed by atoms with Crippen molar-refractivity contribution in [3.05, 3.63) is 71.8 Å². The van der Waals surface area contributed by atoms with Crippen LogP contribution in [0.2, 0.25) is 0 Å². The third kappa shape index (κ3) is 7.06. The monoisotopic (exact) mass is 420 g/mol. The van der Waals surface area contributed by atoms with E-state index in [1.165, 1.54) is 35.6 Å². The molecule has 2 aromatic carbocycles. The van der Waals surface area contributed by atoms with Crippen LogP contribution in [0.25, 0.3) is 0 Å². The van der Waals surface area contributed by atoms with E-state index in [-0.39, 0.29) is 23.5 Å². The number of azo groups is 1. The molecule has 0 saturated heterocycles. The van der Waals surface area contributed by atoms with Crippen LogP contribution in [-0.2, 0) is 0 Å². The SMILES string of the molecule is Cl.Nc1ccc(C(=O)O)cc1.Nc1ccc(N=Nc2ccc(C(=O)O)cc2)s1. The van der Waals surface area contributed by atoms with E-state index < -0.39 is 11.9 Å². The molecule has 0 bridgehead atoms. The number of hydrogen-bond donors (Lipinski definition) is 4. The van der Waals surface area contributed by atoms with Crippen molar-refractivity contribution in [3.8, 4) is 0 Å². The molecule has 1 aromatic heterocycles. The standard InChI is InChI=1S/C11H9N3O2S.C7H7NO2.ClH/c12-9-5-6-10(17-9)14-13-8-3-1-7(2-4-8)11(15)16;8-6-3-1-5(2-4-6)7(9)10;/h1-6H,12H2,(H,15,16);1-4H,8H2,(H,9,10);1H. The van der Waals surface area contributed by atoms with Crippen molar-refractivity contribution in [2.45, 2.75) is 0 Å². The highest BCUT2D eigenvalue weighted by Gasteiger charge is 2.01. The molecule has 8 nitrogen and oxygen atoms in total. The van der Waals surface area contributed by atoms with Gasteiger partial charge in [0, 0.05) is 5.69 Å². The van der Waals surface area contributed by atoms with E-state index in [0.29, 0.717) is 21.4 Å². The molecular weight excluding hydrogens is 404 g/mol. The van der Waals surface area contributed by atoms with Gasteiger partial charge in [0.05, 0.1) is 21.8 Å². The summed E-state index contributed by atoms with van der Waals surface area (Å²) in [5.74, 6) is -1.89. The van der Waals surface area contributed by atoms with Gasteiger partial charge in [0.15, 0.2) is 0 Å². The molecule has 28 heavy (non-hydrogen) atoms. The molecule has 0 saturated carbocycles. The second-order valence-corrected chi connectivity index (χ2v) is 6.25. The maximum Gasteiger partial charge on any atom is 0.335 e. The number of hydrogen-bond acceptors (Lipinski definition) is 7. The number of aromatic carboxylic acids is 2. The quantitative estimate of drug-likeness (QED) is 0.350. The average molecular weight is 421 g/mol. The highest BCUT2D eigenvalue weighted by molar-refractivity contribution is 7.19. The number of carboxylic acids is 2. The zero-order valence-electron chi connectivity index (χ0n) is 14.4. The van der Waals surface area contributed by atoms with Crippen LogP contribution >= 0.6 is 23.7 Å². The number of thiophene rings is 1. The van der Waals surface area contributed by atoms with Gasteiger partial charge in [-0.3, -0.25) is 0 Å². The third-order valence-electron chi connectivity index (χ3n) is 3.15. The lowest BCUT2D eigenvalue weighted by Gasteiger charge is -1.94. The number of carboxylic acid groups (broad SMARTS) is 2. The molecule has 0 aliphatic heterocycles. The fraction of sp³-hybridized carbons (Fsp3) is 0. The van der Waals surface area contributed by atoms with Gasteiger partial charge in [-0.15, -0.1) is 22.6 Å². The summed E-state index contributed by atoms with van der Waals surface area (Å²) in [4.78, 5) is 20.9. The Balaban J connectivity index is 0.000000307. The van der Waals surface area contributed by atoms with E-state index in [1.807, 2.05) is 0 Å². The van der Waals surface area contributed by atoms with E-state index in [1.54, 1.807) is 36.4 Å². The summed E-state index contributed by atoms with van der Waals surface area (Å²) >= 11 is 1.34. The molecule has 0 aliphatic rings. The van der Waals surface area contributed by atoms with Gasteiger partial charge >= 0.3 is 11.9 Å². The van der Waals surface area contributed by atoms with Gasteiger partial charge in [0.25, 0.3) is 0 Å². The molecule has 0 aliphatic carbocycles. The maximum absolute atomic E-state index is 10.6. The fourth-order valence-corrected chi connectivity index (χ4v) is 2.39. The Morgan fingerprint density at radius 1 is 0.750 bits per heavy atom. The lowest BCUT2D eigenvalue weighted by molar-refractivity contribution is 0.0686. The summed E-state index contributed by atoms with van der Waals surface area (Å²) in [5.41, 5.74) is 12.5. The first-order valence-corrected chi connectivity index (χ1v) is 8.36. The minimum Gasteiger partial charge on any atom is -0.478 e. The first kappa shape index (κ1) is 22.6. The molecule has 0 radical (unpaired) electrons. The van der Waals surface area contributed by atoms with Crippen molar-refractivity contribution in [2.24, 2.45) is 10.2 Å². The van der Waals surface area contributed by atoms with Gasteiger partial charge in [-0.25, -0.2) is 9.59 Å². The second kappa shape index (κ2) is 10.7. The lowest BCUT2D eigenvalue weighted by Crippen LogP contribution is -1.95. The molecule has 3 aromatic rings. The van der Waals surface area contributed by atoms with E-state index in [9.17, 15) is 9.59 Å². The second-order valence-electron chi connectivity index (χ2n) is 5.16. The number of carbonyl (C=O) groups is 2. The minimum atomic E-state index is -0.959. The fourth-order valence-electron chi connectivity index (χ4n) is 1.80. The van der Waals surface area contributed by atoms with Crippen molar-refractivity contribution >= 4 is 57.1 Å². The summed E-state index contributed by atoms with van der Waals surface area (Å²) in [7, 11) is 0. The Morgan fingerprint density at radius 2 is 1.25 bits per heavy atom. The molecule has 0 unspecified atom stereocenters. The summed E-state index contributed by atoms with van der Waals surface area (Å²) < 4.78 is 0. The van der Waals surface area contributed by atoms with E-state index >= 15 is 0 Å². The molecular formula is C18H17ClN4O4S. The highest BCUT2D eigenvalue weighted by Crippen LogP contribution is 2.28. The number of rotatable bonds is 4. The first-order valence-electron chi connectivity index (χ1n) is 7.54. The number of nitrogens with two attached hydrogens (primary N) is 2. The topological polar surface area (TPSA) is 151 Å².